The highest BCUT2D eigenvalue weighted by atomic mass is 35.5. The molecule has 0 aliphatic carbocycles. The van der Waals surface area contributed by atoms with Crippen molar-refractivity contribution in [3.05, 3.63) is 76.3 Å². The number of hydrogen-bond acceptors (Lipinski definition) is 3. The normalized spacial score (nSPS) is 16.5. The Balaban J connectivity index is 1.54. The molecule has 0 fully saturated rings. The molecule has 1 amide bonds. The first-order valence-corrected chi connectivity index (χ1v) is 9.97. The number of aryl methyl sites for hydroxylation is 1. The first-order chi connectivity index (χ1) is 13.6. The van der Waals surface area contributed by atoms with Crippen LogP contribution >= 0.6 is 11.6 Å². The Bertz CT molecular complexity index is 891. The van der Waals surface area contributed by atoms with Gasteiger partial charge in [0.15, 0.2) is 0 Å². The highest BCUT2D eigenvalue weighted by molar-refractivity contribution is 6.30. The predicted octanol–water partition coefficient (Wildman–Crippen LogP) is 5.14. The molecule has 3 rings (SSSR count). The lowest BCUT2D eigenvalue weighted by atomic mass is 9.97. The fourth-order valence-electron chi connectivity index (χ4n) is 3.29. The van der Waals surface area contributed by atoms with Gasteiger partial charge in [-0.1, -0.05) is 66.2 Å². The minimum Gasteiger partial charge on any atom is -0.382 e. The van der Waals surface area contributed by atoms with Gasteiger partial charge in [-0.05, 0) is 54.2 Å². The molecule has 5 heteroatoms. The Hall–Kier alpha value is -2.59. The molecular weight excluding hydrogens is 372 g/mol. The number of carbonyl (C=O) groups excluding carboxylic acids is 1. The van der Waals surface area contributed by atoms with E-state index in [0.29, 0.717) is 13.0 Å². The summed E-state index contributed by atoms with van der Waals surface area (Å²) in [7, 11) is 0. The second-order valence-corrected chi connectivity index (χ2v) is 7.28. The second-order valence-electron chi connectivity index (χ2n) is 6.84. The summed E-state index contributed by atoms with van der Waals surface area (Å²) in [5.41, 5.74) is 5.30. The van der Waals surface area contributed by atoms with Crippen LogP contribution in [0.15, 0.2) is 59.8 Å². The summed E-state index contributed by atoms with van der Waals surface area (Å²) in [4.78, 5) is 17.8. The topological polar surface area (TPSA) is 50.7 Å². The van der Waals surface area contributed by atoms with Gasteiger partial charge in [-0.15, -0.1) is 0 Å². The van der Waals surface area contributed by atoms with Crippen LogP contribution in [0.3, 0.4) is 0 Å². The summed E-state index contributed by atoms with van der Waals surface area (Å²) < 4.78 is 0. The molecule has 1 heterocycles. The molecule has 1 aliphatic rings. The molecule has 0 saturated carbocycles. The average Bonchev–Trinajstić information content (AvgIpc) is 3.20. The van der Waals surface area contributed by atoms with E-state index in [1.807, 2.05) is 48.5 Å². The Morgan fingerprint density at radius 1 is 1.29 bits per heavy atom. The van der Waals surface area contributed by atoms with E-state index in [9.17, 15) is 4.79 Å². The number of rotatable bonds is 7. The van der Waals surface area contributed by atoms with E-state index in [2.05, 4.69) is 30.4 Å². The van der Waals surface area contributed by atoms with Crippen LogP contribution < -0.4 is 5.32 Å². The van der Waals surface area contributed by atoms with Crippen molar-refractivity contribution in [3.63, 3.8) is 0 Å². The third-order valence-electron chi connectivity index (χ3n) is 4.76. The summed E-state index contributed by atoms with van der Waals surface area (Å²) in [6, 6.07) is 15.7. The molecule has 0 aromatic heterocycles. The monoisotopic (exact) mass is 396 g/mol. The van der Waals surface area contributed by atoms with Crippen LogP contribution in [-0.4, -0.2) is 24.3 Å². The van der Waals surface area contributed by atoms with Crippen LogP contribution in [0.1, 0.15) is 42.9 Å². The van der Waals surface area contributed by atoms with E-state index in [0.717, 1.165) is 34.7 Å². The Kier molecular flexibility index (Phi) is 6.88. The fourth-order valence-corrected chi connectivity index (χ4v) is 3.46. The van der Waals surface area contributed by atoms with Gasteiger partial charge >= 0.3 is 0 Å². The number of nitrogens with one attached hydrogen (secondary N) is 1. The number of benzene rings is 2. The number of halogens is 1. The van der Waals surface area contributed by atoms with Crippen LogP contribution in [0, 0.1) is 6.92 Å². The molecule has 28 heavy (non-hydrogen) atoms. The molecule has 146 valence electrons. The maximum atomic E-state index is 12.5. The summed E-state index contributed by atoms with van der Waals surface area (Å²) in [5.74, 6) is -0.131. The maximum absolute atomic E-state index is 12.5. The van der Waals surface area contributed by atoms with Gasteiger partial charge in [0.1, 0.15) is 0 Å². The standard InChI is InChI=1S/C23H25ClN2O2/c1-3-7-17(20-14-19(24)11-10-16(20)2)12-13-25-23(27)22-15-21(26-28-22)18-8-5-4-6-9-18/h4-11,14,22H,3,12-13,15H2,1-2H3,(H,25,27)/b17-7-. The molecule has 1 atom stereocenters. The van der Waals surface area contributed by atoms with Crippen LogP contribution in [-0.2, 0) is 9.63 Å². The largest absolute Gasteiger partial charge is 0.382 e. The van der Waals surface area contributed by atoms with Crippen LogP contribution in [0.2, 0.25) is 5.02 Å². The van der Waals surface area contributed by atoms with Crippen LogP contribution in [0.5, 0.6) is 0 Å². The molecule has 1 aliphatic heterocycles. The SMILES string of the molecule is CC/C=C(/CCNC(=O)C1CC(c2ccccc2)=NO1)c1cc(Cl)ccc1C. The molecule has 4 nitrogen and oxygen atoms in total. The van der Waals surface area contributed by atoms with Crippen molar-refractivity contribution >= 4 is 28.8 Å². The Morgan fingerprint density at radius 3 is 2.82 bits per heavy atom. The highest BCUT2D eigenvalue weighted by Gasteiger charge is 2.28. The zero-order chi connectivity index (χ0) is 19.9. The summed E-state index contributed by atoms with van der Waals surface area (Å²) in [5, 5.41) is 7.78. The number of nitrogens with zero attached hydrogens (tertiary/aromatic N) is 1. The van der Waals surface area contributed by atoms with Crippen LogP contribution in [0.25, 0.3) is 5.57 Å². The van der Waals surface area contributed by atoms with E-state index in [-0.39, 0.29) is 5.91 Å². The molecule has 2 aromatic carbocycles. The molecule has 2 aromatic rings. The smallest absolute Gasteiger partial charge is 0.264 e. The predicted molar refractivity (Wildman–Crippen MR) is 115 cm³/mol. The molecule has 0 radical (unpaired) electrons. The number of carbonyl (C=O) groups is 1. The first-order valence-electron chi connectivity index (χ1n) is 9.60. The van der Waals surface area contributed by atoms with Crippen molar-refractivity contribution in [3.8, 4) is 0 Å². The average molecular weight is 397 g/mol. The number of amides is 1. The number of oxime groups is 1. The summed E-state index contributed by atoms with van der Waals surface area (Å²) >= 11 is 6.17. The molecule has 1 unspecified atom stereocenters. The first kappa shape index (κ1) is 20.2. The lowest BCUT2D eigenvalue weighted by Crippen LogP contribution is -2.35. The van der Waals surface area contributed by atoms with Gasteiger partial charge in [-0.2, -0.15) is 0 Å². The van der Waals surface area contributed by atoms with Crippen molar-refractivity contribution < 1.29 is 9.63 Å². The van der Waals surface area contributed by atoms with Gasteiger partial charge in [-0.25, -0.2) is 0 Å². The van der Waals surface area contributed by atoms with Crippen molar-refractivity contribution in [1.82, 2.24) is 5.32 Å². The number of allylic oxidation sites excluding steroid dienone is 1. The minimum absolute atomic E-state index is 0.131. The number of hydrogen-bond donors (Lipinski definition) is 1. The van der Waals surface area contributed by atoms with Crippen LogP contribution in [0.4, 0.5) is 0 Å². The Morgan fingerprint density at radius 2 is 2.07 bits per heavy atom. The highest BCUT2D eigenvalue weighted by Crippen LogP contribution is 2.25. The van der Waals surface area contributed by atoms with E-state index < -0.39 is 6.10 Å². The van der Waals surface area contributed by atoms with Gasteiger partial charge < -0.3 is 10.2 Å². The summed E-state index contributed by atoms with van der Waals surface area (Å²) in [6.45, 7) is 4.72. The fraction of sp³-hybridized carbons (Fsp3) is 0.304. The van der Waals surface area contributed by atoms with Gasteiger partial charge in [0.2, 0.25) is 6.10 Å². The van der Waals surface area contributed by atoms with Crippen molar-refractivity contribution in [2.24, 2.45) is 5.16 Å². The molecule has 1 N–H and O–H groups in total. The van der Waals surface area contributed by atoms with Gasteiger partial charge in [0.05, 0.1) is 5.71 Å². The van der Waals surface area contributed by atoms with Crippen molar-refractivity contribution in [1.29, 1.82) is 0 Å². The van der Waals surface area contributed by atoms with E-state index >= 15 is 0 Å². The zero-order valence-corrected chi connectivity index (χ0v) is 17.0. The minimum atomic E-state index is -0.568. The maximum Gasteiger partial charge on any atom is 0.264 e. The quantitative estimate of drug-likeness (QED) is 0.704. The van der Waals surface area contributed by atoms with E-state index in [4.69, 9.17) is 16.4 Å². The Labute approximate surface area is 171 Å². The lowest BCUT2D eigenvalue weighted by molar-refractivity contribution is -0.131. The van der Waals surface area contributed by atoms with E-state index in [1.165, 1.54) is 11.1 Å². The molecule has 0 saturated heterocycles. The molecular formula is C23H25ClN2O2. The third-order valence-corrected chi connectivity index (χ3v) is 4.99. The van der Waals surface area contributed by atoms with E-state index in [1.54, 1.807) is 0 Å². The summed E-state index contributed by atoms with van der Waals surface area (Å²) in [6.07, 6.45) is 3.77. The van der Waals surface area contributed by atoms with Crippen molar-refractivity contribution in [2.75, 3.05) is 6.54 Å². The molecule has 0 bridgehead atoms. The van der Waals surface area contributed by atoms with Gasteiger partial charge in [-0.3, -0.25) is 4.79 Å². The van der Waals surface area contributed by atoms with Gasteiger partial charge in [0.25, 0.3) is 5.91 Å². The van der Waals surface area contributed by atoms with Crippen molar-refractivity contribution in [2.45, 2.75) is 39.2 Å². The second kappa shape index (κ2) is 9.56. The zero-order valence-electron chi connectivity index (χ0n) is 16.2. The third kappa shape index (κ3) is 5.02. The van der Waals surface area contributed by atoms with Gasteiger partial charge in [0, 0.05) is 18.0 Å². The lowest BCUT2D eigenvalue weighted by Gasteiger charge is -2.14. The molecule has 0 spiro atoms.